The number of aromatic hydroxyl groups is 1. The minimum atomic E-state index is 0.167. The lowest BCUT2D eigenvalue weighted by Crippen LogP contribution is -1.95. The van der Waals surface area contributed by atoms with E-state index in [9.17, 15) is 5.11 Å². The zero-order valence-electron chi connectivity index (χ0n) is 13.6. The number of hydrogen-bond acceptors (Lipinski definition) is 5. The monoisotopic (exact) mass is 328 g/mol. The number of benzene rings is 2. The second kappa shape index (κ2) is 6.20. The largest absolute Gasteiger partial charge is 0.506 e. The van der Waals surface area contributed by atoms with Gasteiger partial charge in [0.05, 0.1) is 11.7 Å². The molecule has 0 unspecified atom stereocenters. The van der Waals surface area contributed by atoms with Crippen LogP contribution in [0.5, 0.6) is 5.75 Å². The third-order valence-electron chi connectivity index (χ3n) is 3.99. The van der Waals surface area contributed by atoms with Crippen molar-refractivity contribution in [2.75, 3.05) is 5.43 Å². The van der Waals surface area contributed by atoms with Gasteiger partial charge in [0.1, 0.15) is 17.1 Å². The predicted octanol–water partition coefficient (Wildman–Crippen LogP) is 4.24. The summed E-state index contributed by atoms with van der Waals surface area (Å²) in [7, 11) is 0. The molecule has 0 atom stereocenters. The van der Waals surface area contributed by atoms with E-state index < -0.39 is 0 Å². The van der Waals surface area contributed by atoms with E-state index in [2.05, 4.69) is 20.5 Å². The molecule has 0 radical (unpaired) electrons. The van der Waals surface area contributed by atoms with Gasteiger partial charge < -0.3 is 5.11 Å². The first-order valence-corrected chi connectivity index (χ1v) is 7.95. The molecule has 2 N–H and O–H groups in total. The summed E-state index contributed by atoms with van der Waals surface area (Å²) >= 11 is 0. The average molecular weight is 328 g/mol. The van der Waals surface area contributed by atoms with Crippen molar-refractivity contribution in [3.05, 3.63) is 71.9 Å². The van der Waals surface area contributed by atoms with E-state index >= 15 is 0 Å². The molecule has 5 nitrogen and oxygen atoms in total. The molecule has 0 saturated carbocycles. The van der Waals surface area contributed by atoms with Gasteiger partial charge >= 0.3 is 0 Å². The Balaban J connectivity index is 1.63. The van der Waals surface area contributed by atoms with Crippen molar-refractivity contribution < 1.29 is 5.11 Å². The molecule has 2 aromatic heterocycles. The summed E-state index contributed by atoms with van der Waals surface area (Å²) in [4.78, 5) is 8.91. The molecule has 4 aromatic rings. The van der Waals surface area contributed by atoms with Crippen LogP contribution in [0.3, 0.4) is 0 Å². The number of nitrogens with zero attached hydrogens (tertiary/aromatic N) is 3. The fourth-order valence-corrected chi connectivity index (χ4v) is 2.73. The summed E-state index contributed by atoms with van der Waals surface area (Å²) in [6.45, 7) is 1.90. The Kier molecular flexibility index (Phi) is 3.74. The number of aryl methyl sites for hydroxylation is 1. The van der Waals surface area contributed by atoms with Gasteiger partial charge in [-0.2, -0.15) is 5.10 Å². The number of phenols is 1. The van der Waals surface area contributed by atoms with Crippen molar-refractivity contribution in [3.8, 4) is 5.75 Å². The van der Waals surface area contributed by atoms with E-state index in [0.717, 1.165) is 27.5 Å². The van der Waals surface area contributed by atoms with Crippen LogP contribution in [0.1, 0.15) is 11.3 Å². The van der Waals surface area contributed by atoms with Gasteiger partial charge in [-0.25, -0.2) is 9.97 Å². The van der Waals surface area contributed by atoms with E-state index in [-0.39, 0.29) is 5.75 Å². The molecular formula is C20H16N4O. The summed E-state index contributed by atoms with van der Waals surface area (Å²) in [5, 5.41) is 16.2. The molecule has 5 heteroatoms. The van der Waals surface area contributed by atoms with Crippen LogP contribution in [-0.2, 0) is 0 Å². The lowest BCUT2D eigenvalue weighted by Gasteiger charge is -2.05. The van der Waals surface area contributed by atoms with Gasteiger partial charge in [0.15, 0.2) is 0 Å². The van der Waals surface area contributed by atoms with Crippen molar-refractivity contribution in [3.63, 3.8) is 0 Å². The molecule has 2 heterocycles. The smallest absolute Gasteiger partial charge is 0.146 e. The molecule has 0 aliphatic carbocycles. The van der Waals surface area contributed by atoms with Crippen molar-refractivity contribution in [2.45, 2.75) is 6.92 Å². The molecule has 2 aromatic carbocycles. The van der Waals surface area contributed by atoms with Crippen LogP contribution < -0.4 is 5.43 Å². The topological polar surface area (TPSA) is 70.4 Å². The normalized spacial score (nSPS) is 11.4. The molecule has 0 fully saturated rings. The standard InChI is InChI=1S/C20H16N4O/c1-13-6-9-16-15(7-10-18(25)20(16)22-13)12-21-24-19-11-8-14-4-2-3-5-17(14)23-19/h2-12,25H,1H3,(H,23,24). The third-order valence-corrected chi connectivity index (χ3v) is 3.99. The first kappa shape index (κ1) is 15.1. The maximum atomic E-state index is 9.99. The molecule has 4 rings (SSSR count). The fraction of sp³-hybridized carbons (Fsp3) is 0.0500. The maximum Gasteiger partial charge on any atom is 0.146 e. The molecule has 25 heavy (non-hydrogen) atoms. The molecular weight excluding hydrogens is 312 g/mol. The lowest BCUT2D eigenvalue weighted by atomic mass is 10.1. The fourth-order valence-electron chi connectivity index (χ4n) is 2.73. The highest BCUT2D eigenvalue weighted by Crippen LogP contribution is 2.25. The maximum absolute atomic E-state index is 9.99. The molecule has 0 saturated heterocycles. The second-order valence-corrected chi connectivity index (χ2v) is 5.78. The number of phenolic OH excluding ortho intramolecular Hbond substituents is 1. The predicted molar refractivity (Wildman–Crippen MR) is 101 cm³/mol. The minimum Gasteiger partial charge on any atom is -0.506 e. The van der Waals surface area contributed by atoms with Gasteiger partial charge in [-0.15, -0.1) is 0 Å². The molecule has 0 bridgehead atoms. The SMILES string of the molecule is Cc1ccc2c(C=NNc3ccc4ccccc4n3)ccc(O)c2n1. The number of hydrogen-bond donors (Lipinski definition) is 2. The van der Waals surface area contributed by atoms with Crippen molar-refractivity contribution in [1.29, 1.82) is 0 Å². The minimum absolute atomic E-state index is 0.167. The van der Waals surface area contributed by atoms with E-state index in [4.69, 9.17) is 0 Å². The van der Waals surface area contributed by atoms with Gasteiger partial charge in [-0.05, 0) is 43.3 Å². The number of nitrogens with one attached hydrogen (secondary N) is 1. The highest BCUT2D eigenvalue weighted by Gasteiger charge is 2.05. The van der Waals surface area contributed by atoms with Crippen LogP contribution >= 0.6 is 0 Å². The highest BCUT2D eigenvalue weighted by molar-refractivity contribution is 6.00. The van der Waals surface area contributed by atoms with Crippen LogP contribution in [0.25, 0.3) is 21.8 Å². The van der Waals surface area contributed by atoms with E-state index in [1.165, 1.54) is 0 Å². The Morgan fingerprint density at radius 1 is 0.960 bits per heavy atom. The second-order valence-electron chi connectivity index (χ2n) is 5.78. The lowest BCUT2D eigenvalue weighted by molar-refractivity contribution is 0.480. The van der Waals surface area contributed by atoms with Crippen molar-refractivity contribution >= 4 is 33.8 Å². The highest BCUT2D eigenvalue weighted by atomic mass is 16.3. The molecule has 0 aliphatic rings. The summed E-state index contributed by atoms with van der Waals surface area (Å²) in [5.41, 5.74) is 6.17. The van der Waals surface area contributed by atoms with Crippen LogP contribution in [-0.4, -0.2) is 21.3 Å². The summed E-state index contributed by atoms with van der Waals surface area (Å²) < 4.78 is 0. The van der Waals surface area contributed by atoms with E-state index in [0.29, 0.717) is 11.3 Å². The zero-order valence-corrected chi connectivity index (χ0v) is 13.6. The molecule has 0 spiro atoms. The first-order chi connectivity index (χ1) is 12.2. The number of fused-ring (bicyclic) bond motifs is 2. The summed E-state index contributed by atoms with van der Waals surface area (Å²) in [6, 6.07) is 19.1. The Bertz CT molecular complexity index is 1110. The molecule has 122 valence electrons. The Morgan fingerprint density at radius 2 is 1.84 bits per heavy atom. The van der Waals surface area contributed by atoms with Crippen molar-refractivity contribution in [2.24, 2.45) is 5.10 Å². The van der Waals surface area contributed by atoms with Crippen LogP contribution in [0.2, 0.25) is 0 Å². The van der Waals surface area contributed by atoms with Crippen LogP contribution in [0.15, 0.2) is 65.8 Å². The number of pyridine rings is 2. The molecule has 0 amide bonds. The number of para-hydroxylation sites is 1. The summed E-state index contributed by atoms with van der Waals surface area (Å²) in [5.74, 6) is 0.840. The van der Waals surface area contributed by atoms with E-state index in [1.807, 2.05) is 61.5 Å². The first-order valence-electron chi connectivity index (χ1n) is 7.95. The van der Waals surface area contributed by atoms with Gasteiger partial charge in [-0.3, -0.25) is 5.43 Å². The molecule has 0 aliphatic heterocycles. The van der Waals surface area contributed by atoms with E-state index in [1.54, 1.807) is 12.3 Å². The quantitative estimate of drug-likeness (QED) is 0.436. The average Bonchev–Trinajstić information content (AvgIpc) is 2.64. The Hall–Kier alpha value is -3.47. The number of anilines is 1. The van der Waals surface area contributed by atoms with Crippen molar-refractivity contribution in [1.82, 2.24) is 9.97 Å². The number of aromatic nitrogens is 2. The zero-order chi connectivity index (χ0) is 17.2. The van der Waals surface area contributed by atoms with Gasteiger partial charge in [0.2, 0.25) is 0 Å². The van der Waals surface area contributed by atoms with Gasteiger partial charge in [0, 0.05) is 22.0 Å². The Morgan fingerprint density at radius 3 is 2.76 bits per heavy atom. The number of rotatable bonds is 3. The van der Waals surface area contributed by atoms with Gasteiger partial charge in [-0.1, -0.05) is 24.3 Å². The van der Waals surface area contributed by atoms with Crippen LogP contribution in [0, 0.1) is 6.92 Å². The number of hydrazone groups is 1. The third kappa shape index (κ3) is 2.99. The van der Waals surface area contributed by atoms with Gasteiger partial charge in [0.25, 0.3) is 0 Å². The summed E-state index contributed by atoms with van der Waals surface area (Å²) in [6.07, 6.45) is 1.70. The van der Waals surface area contributed by atoms with Crippen LogP contribution in [0.4, 0.5) is 5.82 Å². The Labute approximate surface area is 144 Å².